The Morgan fingerprint density at radius 3 is 2.06 bits per heavy atom. The third-order valence-electron chi connectivity index (χ3n) is 5.43. The van der Waals surface area contributed by atoms with Gasteiger partial charge in [-0.15, -0.1) is 0 Å². The zero-order valence-electron chi connectivity index (χ0n) is 18.5. The van der Waals surface area contributed by atoms with Gasteiger partial charge >= 0.3 is 0 Å². The SMILES string of the molecule is CC(=Cc1cc(CNc2ccc(Nc3ccccc3)cc2)cc(C)c1O)c1ccccc1. The molecule has 0 amide bonds. The minimum atomic E-state index is 0.334. The van der Waals surface area contributed by atoms with E-state index in [4.69, 9.17) is 0 Å². The molecular formula is C29H28N2O. The van der Waals surface area contributed by atoms with Crippen LogP contribution in [0.2, 0.25) is 0 Å². The van der Waals surface area contributed by atoms with Crippen LogP contribution in [0.15, 0.2) is 97.1 Å². The first-order chi connectivity index (χ1) is 15.6. The summed E-state index contributed by atoms with van der Waals surface area (Å²) in [4.78, 5) is 0. The van der Waals surface area contributed by atoms with Gasteiger partial charge in [-0.1, -0.05) is 54.6 Å². The fourth-order valence-corrected chi connectivity index (χ4v) is 3.68. The summed E-state index contributed by atoms with van der Waals surface area (Å²) in [6.45, 7) is 4.69. The van der Waals surface area contributed by atoms with Gasteiger partial charge < -0.3 is 15.7 Å². The molecule has 0 radical (unpaired) electrons. The molecule has 32 heavy (non-hydrogen) atoms. The second-order valence-electron chi connectivity index (χ2n) is 7.97. The molecule has 0 saturated carbocycles. The van der Waals surface area contributed by atoms with Crippen LogP contribution in [0, 0.1) is 6.92 Å². The second-order valence-corrected chi connectivity index (χ2v) is 7.97. The number of phenolic OH excluding ortho intramolecular Hbond substituents is 1. The Kier molecular flexibility index (Phi) is 6.57. The average Bonchev–Trinajstić information content (AvgIpc) is 2.83. The van der Waals surface area contributed by atoms with Gasteiger partial charge in [0.05, 0.1) is 0 Å². The lowest BCUT2D eigenvalue weighted by atomic mass is 10.00. The first kappa shape index (κ1) is 21.3. The van der Waals surface area contributed by atoms with Crippen LogP contribution in [0.1, 0.15) is 29.2 Å². The molecule has 0 aromatic heterocycles. The Morgan fingerprint density at radius 1 is 0.781 bits per heavy atom. The summed E-state index contributed by atoms with van der Waals surface area (Å²) in [5.74, 6) is 0.334. The summed E-state index contributed by atoms with van der Waals surface area (Å²) in [6.07, 6.45) is 2.05. The van der Waals surface area contributed by atoms with E-state index in [0.29, 0.717) is 12.3 Å². The van der Waals surface area contributed by atoms with E-state index >= 15 is 0 Å². The van der Waals surface area contributed by atoms with Crippen LogP contribution in [0.3, 0.4) is 0 Å². The van der Waals surface area contributed by atoms with Crippen molar-refractivity contribution < 1.29 is 5.11 Å². The zero-order valence-corrected chi connectivity index (χ0v) is 18.5. The average molecular weight is 421 g/mol. The summed E-state index contributed by atoms with van der Waals surface area (Å²) >= 11 is 0. The molecule has 4 aromatic rings. The molecule has 0 aliphatic rings. The van der Waals surface area contributed by atoms with E-state index in [1.165, 1.54) is 0 Å². The Balaban J connectivity index is 1.45. The van der Waals surface area contributed by atoms with Crippen molar-refractivity contribution in [3.05, 3.63) is 119 Å². The number of allylic oxidation sites excluding steroid dienone is 1. The quantitative estimate of drug-likeness (QED) is 0.269. The molecule has 0 spiro atoms. The number of hydrogen-bond acceptors (Lipinski definition) is 3. The Morgan fingerprint density at radius 2 is 1.38 bits per heavy atom. The molecule has 0 saturated heterocycles. The molecule has 0 aliphatic heterocycles. The number of para-hydroxylation sites is 1. The van der Waals surface area contributed by atoms with Gasteiger partial charge in [-0.05, 0) is 84.7 Å². The van der Waals surface area contributed by atoms with Crippen LogP contribution in [-0.4, -0.2) is 5.11 Å². The first-order valence-corrected chi connectivity index (χ1v) is 10.8. The lowest BCUT2D eigenvalue weighted by Gasteiger charge is -2.12. The van der Waals surface area contributed by atoms with Crippen molar-refractivity contribution in [2.24, 2.45) is 0 Å². The monoisotopic (exact) mass is 420 g/mol. The van der Waals surface area contributed by atoms with Crippen LogP contribution in [0.5, 0.6) is 5.75 Å². The lowest BCUT2D eigenvalue weighted by Crippen LogP contribution is -2.01. The van der Waals surface area contributed by atoms with Gasteiger partial charge in [0.1, 0.15) is 5.75 Å². The van der Waals surface area contributed by atoms with E-state index in [1.54, 1.807) is 0 Å². The van der Waals surface area contributed by atoms with Crippen molar-refractivity contribution in [3.63, 3.8) is 0 Å². The van der Waals surface area contributed by atoms with Crippen LogP contribution < -0.4 is 10.6 Å². The summed E-state index contributed by atoms with van der Waals surface area (Å²) in [6, 6.07) is 32.7. The zero-order chi connectivity index (χ0) is 22.3. The van der Waals surface area contributed by atoms with Gasteiger partial charge in [0, 0.05) is 29.2 Å². The van der Waals surface area contributed by atoms with Crippen LogP contribution >= 0.6 is 0 Å². The Bertz CT molecular complexity index is 1200. The topological polar surface area (TPSA) is 44.3 Å². The van der Waals surface area contributed by atoms with E-state index in [0.717, 1.165) is 44.9 Å². The number of nitrogens with one attached hydrogen (secondary N) is 2. The second kappa shape index (κ2) is 9.88. The van der Waals surface area contributed by atoms with Crippen LogP contribution in [0.25, 0.3) is 11.6 Å². The molecular weight excluding hydrogens is 392 g/mol. The van der Waals surface area contributed by atoms with Crippen LogP contribution in [0.4, 0.5) is 17.1 Å². The van der Waals surface area contributed by atoms with E-state index in [2.05, 4.69) is 54.0 Å². The van der Waals surface area contributed by atoms with Gasteiger partial charge in [-0.2, -0.15) is 0 Å². The van der Waals surface area contributed by atoms with Crippen molar-refractivity contribution >= 4 is 28.7 Å². The maximum atomic E-state index is 10.6. The highest BCUT2D eigenvalue weighted by atomic mass is 16.3. The maximum absolute atomic E-state index is 10.6. The highest BCUT2D eigenvalue weighted by molar-refractivity contribution is 5.82. The number of phenols is 1. The minimum Gasteiger partial charge on any atom is -0.507 e. The molecule has 160 valence electrons. The van der Waals surface area contributed by atoms with Gasteiger partial charge in [-0.25, -0.2) is 0 Å². The fourth-order valence-electron chi connectivity index (χ4n) is 3.68. The molecule has 0 heterocycles. The van der Waals surface area contributed by atoms with Crippen molar-refractivity contribution in [1.29, 1.82) is 0 Å². The minimum absolute atomic E-state index is 0.334. The van der Waals surface area contributed by atoms with E-state index in [1.807, 2.05) is 73.7 Å². The molecule has 3 heteroatoms. The number of aromatic hydroxyl groups is 1. The fraction of sp³-hybridized carbons (Fsp3) is 0.103. The van der Waals surface area contributed by atoms with Crippen molar-refractivity contribution in [3.8, 4) is 5.75 Å². The highest BCUT2D eigenvalue weighted by Crippen LogP contribution is 2.29. The Hall–Kier alpha value is -3.98. The third kappa shape index (κ3) is 5.38. The number of aryl methyl sites for hydroxylation is 1. The van der Waals surface area contributed by atoms with E-state index < -0.39 is 0 Å². The summed E-state index contributed by atoms with van der Waals surface area (Å²) < 4.78 is 0. The molecule has 0 unspecified atom stereocenters. The summed E-state index contributed by atoms with van der Waals surface area (Å²) in [5, 5.41) is 17.5. The number of hydrogen-bond donors (Lipinski definition) is 3. The number of anilines is 3. The van der Waals surface area contributed by atoms with Gasteiger partial charge in [0.25, 0.3) is 0 Å². The number of rotatable bonds is 7. The summed E-state index contributed by atoms with van der Waals surface area (Å²) in [7, 11) is 0. The summed E-state index contributed by atoms with van der Waals surface area (Å²) in [5.41, 5.74) is 8.27. The largest absolute Gasteiger partial charge is 0.507 e. The Labute approximate surface area is 190 Å². The first-order valence-electron chi connectivity index (χ1n) is 10.8. The van der Waals surface area contributed by atoms with Gasteiger partial charge in [0.15, 0.2) is 0 Å². The standard InChI is InChI=1S/C29H28N2O/c1-21(24-9-5-3-6-10-24)18-25-19-23(17-22(2)29(25)32)20-30-26-13-15-28(16-14-26)31-27-11-7-4-8-12-27/h3-19,30-32H,20H2,1-2H3. The molecule has 4 rings (SSSR count). The predicted octanol–water partition coefficient (Wildman–Crippen LogP) is 7.62. The van der Waals surface area contributed by atoms with E-state index in [-0.39, 0.29) is 0 Å². The van der Waals surface area contributed by atoms with Gasteiger partial charge in [-0.3, -0.25) is 0 Å². The molecule has 4 aromatic carbocycles. The van der Waals surface area contributed by atoms with E-state index in [9.17, 15) is 5.11 Å². The maximum Gasteiger partial charge on any atom is 0.125 e. The van der Waals surface area contributed by atoms with Gasteiger partial charge in [0.2, 0.25) is 0 Å². The molecule has 0 aliphatic carbocycles. The molecule has 3 nitrogen and oxygen atoms in total. The smallest absolute Gasteiger partial charge is 0.125 e. The van der Waals surface area contributed by atoms with Crippen molar-refractivity contribution in [2.75, 3.05) is 10.6 Å². The third-order valence-corrected chi connectivity index (χ3v) is 5.43. The molecule has 0 bridgehead atoms. The van der Waals surface area contributed by atoms with Crippen LogP contribution in [-0.2, 0) is 6.54 Å². The predicted molar refractivity (Wildman–Crippen MR) is 136 cm³/mol. The highest BCUT2D eigenvalue weighted by Gasteiger charge is 2.07. The normalized spacial score (nSPS) is 11.2. The molecule has 0 atom stereocenters. The molecule has 3 N–H and O–H groups in total. The lowest BCUT2D eigenvalue weighted by molar-refractivity contribution is 0.469. The molecule has 0 fully saturated rings. The van der Waals surface area contributed by atoms with Crippen molar-refractivity contribution in [2.45, 2.75) is 20.4 Å². The van der Waals surface area contributed by atoms with Crippen molar-refractivity contribution in [1.82, 2.24) is 0 Å². The number of benzene rings is 4.